The molecule has 1 aromatic heterocycles. The summed E-state index contributed by atoms with van der Waals surface area (Å²) in [5, 5.41) is 11.2. The predicted octanol–water partition coefficient (Wildman–Crippen LogP) is 5.11. The van der Waals surface area contributed by atoms with Crippen molar-refractivity contribution in [2.24, 2.45) is 0 Å². The van der Waals surface area contributed by atoms with Crippen LogP contribution in [0.15, 0.2) is 84.0 Å². The number of methoxy groups -OCH3 is 1. The molecule has 1 atom stereocenters. The molecule has 1 unspecified atom stereocenters. The number of hydrogen-bond donors (Lipinski definition) is 1. The molecule has 1 N–H and O–H groups in total. The maximum Gasteiger partial charge on any atom is 0.237 e. The van der Waals surface area contributed by atoms with Crippen LogP contribution in [0.2, 0.25) is 0 Å². The summed E-state index contributed by atoms with van der Waals surface area (Å²) in [6.45, 7) is 1.91. The van der Waals surface area contributed by atoms with Gasteiger partial charge in [-0.05, 0) is 55.5 Å². The van der Waals surface area contributed by atoms with Gasteiger partial charge in [-0.1, -0.05) is 42.1 Å². The van der Waals surface area contributed by atoms with Gasteiger partial charge in [0, 0.05) is 5.69 Å². The Bertz CT molecular complexity index is 1250. The highest BCUT2D eigenvalue weighted by Crippen LogP contribution is 2.27. The second-order valence-corrected chi connectivity index (χ2v) is 8.57. The zero-order chi connectivity index (χ0) is 23.9. The number of nitrogens with zero attached hydrogens (tertiary/aromatic N) is 3. The van der Waals surface area contributed by atoms with Gasteiger partial charge in [-0.25, -0.2) is 4.39 Å². The van der Waals surface area contributed by atoms with E-state index in [9.17, 15) is 9.18 Å². The fourth-order valence-electron chi connectivity index (χ4n) is 3.13. The molecule has 0 saturated carbocycles. The monoisotopic (exact) mass is 478 g/mol. The van der Waals surface area contributed by atoms with E-state index in [1.165, 1.54) is 23.9 Å². The number of hydrogen-bond acceptors (Lipinski definition) is 6. The topological polar surface area (TPSA) is 78.3 Å². The molecule has 0 aliphatic rings. The molecule has 4 aromatic rings. The Morgan fingerprint density at radius 2 is 1.68 bits per heavy atom. The second-order valence-electron chi connectivity index (χ2n) is 7.26. The summed E-state index contributed by atoms with van der Waals surface area (Å²) in [5.74, 6) is 1.15. The molecular formula is C25H23FN4O3S. The van der Waals surface area contributed by atoms with Gasteiger partial charge >= 0.3 is 0 Å². The highest BCUT2D eigenvalue weighted by molar-refractivity contribution is 8.00. The summed E-state index contributed by atoms with van der Waals surface area (Å²) in [5.41, 5.74) is 0.975. The third-order valence-electron chi connectivity index (χ3n) is 4.93. The zero-order valence-electron chi connectivity index (χ0n) is 18.6. The maximum absolute atomic E-state index is 13.9. The third-order valence-corrected chi connectivity index (χ3v) is 5.97. The van der Waals surface area contributed by atoms with E-state index in [0.717, 1.165) is 11.4 Å². The number of amides is 1. The Labute approximate surface area is 200 Å². The lowest BCUT2D eigenvalue weighted by Gasteiger charge is -2.14. The summed E-state index contributed by atoms with van der Waals surface area (Å²) < 4.78 is 26.9. The van der Waals surface area contributed by atoms with Crippen molar-refractivity contribution in [3.63, 3.8) is 0 Å². The number of thioether (sulfide) groups is 1. The molecule has 0 fully saturated rings. The van der Waals surface area contributed by atoms with Crippen LogP contribution in [0.3, 0.4) is 0 Å². The number of aromatic nitrogens is 3. The molecule has 0 radical (unpaired) electrons. The van der Waals surface area contributed by atoms with Gasteiger partial charge in [0.05, 0.1) is 18.0 Å². The average molecular weight is 479 g/mol. The Kier molecular flexibility index (Phi) is 7.44. The Morgan fingerprint density at radius 1 is 1.00 bits per heavy atom. The highest BCUT2D eigenvalue weighted by Gasteiger charge is 2.22. The normalized spacial score (nSPS) is 11.6. The lowest BCUT2D eigenvalue weighted by Crippen LogP contribution is -2.23. The summed E-state index contributed by atoms with van der Waals surface area (Å²) in [4.78, 5) is 12.7. The number of nitrogens with one attached hydrogen (secondary N) is 1. The maximum atomic E-state index is 13.9. The van der Waals surface area contributed by atoms with Crippen LogP contribution in [-0.2, 0) is 11.4 Å². The molecule has 174 valence electrons. The number of para-hydroxylation sites is 2. The first kappa shape index (κ1) is 23.3. The van der Waals surface area contributed by atoms with Crippen LogP contribution in [0.1, 0.15) is 12.7 Å². The number of benzene rings is 3. The summed E-state index contributed by atoms with van der Waals surface area (Å²) in [6.07, 6.45) is 0. The van der Waals surface area contributed by atoms with Gasteiger partial charge in [0.2, 0.25) is 5.91 Å². The fourth-order valence-corrected chi connectivity index (χ4v) is 4.02. The molecule has 9 heteroatoms. The molecule has 1 amide bonds. The van der Waals surface area contributed by atoms with E-state index in [1.54, 1.807) is 26.2 Å². The SMILES string of the molecule is COc1ccc(OCc2nnc(SC(C)C(=O)Nc3ccccc3F)n2-c2ccccc2)cc1. The Balaban J connectivity index is 1.53. The van der Waals surface area contributed by atoms with Crippen molar-refractivity contribution in [1.82, 2.24) is 14.8 Å². The largest absolute Gasteiger partial charge is 0.497 e. The molecule has 4 rings (SSSR count). The molecule has 0 aliphatic carbocycles. The van der Waals surface area contributed by atoms with E-state index in [1.807, 2.05) is 59.2 Å². The average Bonchev–Trinajstić information content (AvgIpc) is 3.27. The number of ether oxygens (including phenoxy) is 2. The summed E-state index contributed by atoms with van der Waals surface area (Å²) in [7, 11) is 1.61. The van der Waals surface area contributed by atoms with Crippen LogP contribution in [0, 0.1) is 5.82 Å². The number of carbonyl (C=O) groups is 1. The van der Waals surface area contributed by atoms with Gasteiger partial charge < -0.3 is 14.8 Å². The molecule has 34 heavy (non-hydrogen) atoms. The van der Waals surface area contributed by atoms with Crippen molar-refractivity contribution < 1.29 is 18.7 Å². The third kappa shape index (κ3) is 5.55. The van der Waals surface area contributed by atoms with E-state index in [-0.39, 0.29) is 18.2 Å². The molecule has 7 nitrogen and oxygen atoms in total. The van der Waals surface area contributed by atoms with Crippen molar-refractivity contribution in [1.29, 1.82) is 0 Å². The Hall–Kier alpha value is -3.85. The highest BCUT2D eigenvalue weighted by atomic mass is 32.2. The van der Waals surface area contributed by atoms with Crippen LogP contribution in [0.4, 0.5) is 10.1 Å². The minimum atomic E-state index is -0.554. The molecule has 0 saturated heterocycles. The first-order chi connectivity index (χ1) is 16.5. The van der Waals surface area contributed by atoms with Crippen molar-refractivity contribution in [2.45, 2.75) is 23.9 Å². The molecule has 0 spiro atoms. The smallest absolute Gasteiger partial charge is 0.237 e. The Morgan fingerprint density at radius 3 is 2.38 bits per heavy atom. The van der Waals surface area contributed by atoms with Crippen LogP contribution in [0.25, 0.3) is 5.69 Å². The van der Waals surface area contributed by atoms with Gasteiger partial charge in [-0.2, -0.15) is 0 Å². The van der Waals surface area contributed by atoms with Gasteiger partial charge in [0.25, 0.3) is 0 Å². The first-order valence-electron chi connectivity index (χ1n) is 10.5. The van der Waals surface area contributed by atoms with E-state index in [0.29, 0.717) is 16.7 Å². The van der Waals surface area contributed by atoms with E-state index in [4.69, 9.17) is 9.47 Å². The quantitative estimate of drug-likeness (QED) is 0.337. The standard InChI is InChI=1S/C25H23FN4O3S/c1-17(24(31)27-22-11-7-6-10-21(22)26)34-25-29-28-23(30(25)18-8-4-3-5-9-18)16-33-20-14-12-19(32-2)13-15-20/h3-15,17H,16H2,1-2H3,(H,27,31). The van der Waals surface area contributed by atoms with E-state index in [2.05, 4.69) is 15.5 Å². The van der Waals surface area contributed by atoms with Crippen LogP contribution >= 0.6 is 11.8 Å². The number of carbonyl (C=O) groups excluding carboxylic acids is 1. The van der Waals surface area contributed by atoms with Gasteiger partial charge in [-0.15, -0.1) is 10.2 Å². The van der Waals surface area contributed by atoms with Crippen molar-refractivity contribution in [3.05, 3.63) is 90.5 Å². The van der Waals surface area contributed by atoms with Crippen LogP contribution in [-0.4, -0.2) is 33.0 Å². The van der Waals surface area contributed by atoms with E-state index >= 15 is 0 Å². The number of rotatable bonds is 9. The fraction of sp³-hybridized carbons (Fsp3) is 0.160. The molecule has 3 aromatic carbocycles. The predicted molar refractivity (Wildman–Crippen MR) is 129 cm³/mol. The summed E-state index contributed by atoms with van der Waals surface area (Å²) >= 11 is 1.23. The minimum absolute atomic E-state index is 0.137. The van der Waals surface area contributed by atoms with Crippen molar-refractivity contribution in [3.8, 4) is 17.2 Å². The molecule has 0 aliphatic heterocycles. The number of halogens is 1. The molecule has 1 heterocycles. The molecular weight excluding hydrogens is 455 g/mol. The van der Waals surface area contributed by atoms with Crippen LogP contribution < -0.4 is 14.8 Å². The van der Waals surface area contributed by atoms with Crippen LogP contribution in [0.5, 0.6) is 11.5 Å². The lowest BCUT2D eigenvalue weighted by atomic mass is 10.3. The lowest BCUT2D eigenvalue weighted by molar-refractivity contribution is -0.115. The van der Waals surface area contributed by atoms with Gasteiger partial charge in [0.1, 0.15) is 23.9 Å². The molecule has 0 bridgehead atoms. The van der Waals surface area contributed by atoms with Gasteiger partial charge in [-0.3, -0.25) is 9.36 Å². The van der Waals surface area contributed by atoms with Crippen molar-refractivity contribution >= 4 is 23.4 Å². The van der Waals surface area contributed by atoms with Crippen molar-refractivity contribution in [2.75, 3.05) is 12.4 Å². The number of anilines is 1. The summed E-state index contributed by atoms with van der Waals surface area (Å²) in [6, 6.07) is 22.9. The first-order valence-corrected chi connectivity index (χ1v) is 11.4. The minimum Gasteiger partial charge on any atom is -0.497 e. The zero-order valence-corrected chi connectivity index (χ0v) is 19.5. The second kappa shape index (κ2) is 10.8. The van der Waals surface area contributed by atoms with Gasteiger partial charge in [0.15, 0.2) is 11.0 Å². The van der Waals surface area contributed by atoms with E-state index < -0.39 is 11.1 Å².